The Hall–Kier alpha value is -0.410. The van der Waals surface area contributed by atoms with Gasteiger partial charge in [0.2, 0.25) is 0 Å². The van der Waals surface area contributed by atoms with E-state index in [0.717, 1.165) is 6.29 Å². The first-order valence-corrected chi connectivity index (χ1v) is 3.76. The summed E-state index contributed by atoms with van der Waals surface area (Å²) in [6.45, 7) is 5.87. The number of hydrogen-bond donors (Lipinski definition) is 1. The van der Waals surface area contributed by atoms with Gasteiger partial charge in [-0.1, -0.05) is 0 Å². The van der Waals surface area contributed by atoms with Gasteiger partial charge in [0.25, 0.3) is 0 Å². The van der Waals surface area contributed by atoms with E-state index in [1.807, 2.05) is 25.8 Å². The van der Waals surface area contributed by atoms with Crippen molar-refractivity contribution in [3.63, 3.8) is 0 Å². The monoisotopic (exact) mass is 159 g/mol. The highest BCUT2D eigenvalue weighted by molar-refractivity contribution is 5.62. The third kappa shape index (κ3) is 3.49. The van der Waals surface area contributed by atoms with Crippen LogP contribution in [-0.4, -0.2) is 41.5 Å². The molecule has 66 valence electrons. The van der Waals surface area contributed by atoms with Gasteiger partial charge in [0, 0.05) is 6.54 Å². The van der Waals surface area contributed by atoms with Gasteiger partial charge in [-0.05, 0) is 27.8 Å². The largest absolute Gasteiger partial charge is 0.392 e. The molecule has 1 atom stereocenters. The Bertz CT molecular complexity index is 132. The minimum atomic E-state index is -0.475. The summed E-state index contributed by atoms with van der Waals surface area (Å²) in [4.78, 5) is 12.4. The maximum Gasteiger partial charge on any atom is 0.139 e. The zero-order chi connectivity index (χ0) is 9.07. The summed E-state index contributed by atoms with van der Waals surface area (Å²) < 4.78 is 0. The van der Waals surface area contributed by atoms with Gasteiger partial charge in [-0.25, -0.2) is 0 Å². The lowest BCUT2D eigenvalue weighted by Gasteiger charge is -2.31. The lowest BCUT2D eigenvalue weighted by atomic mass is 10.1. The molecule has 0 saturated carbocycles. The predicted molar refractivity (Wildman–Crippen MR) is 44.5 cm³/mol. The van der Waals surface area contributed by atoms with Gasteiger partial charge in [0.15, 0.2) is 0 Å². The highest BCUT2D eigenvalue weighted by atomic mass is 16.3. The Morgan fingerprint density at radius 1 is 1.64 bits per heavy atom. The molecule has 0 aliphatic rings. The lowest BCUT2D eigenvalue weighted by molar-refractivity contribution is -0.116. The van der Waals surface area contributed by atoms with Gasteiger partial charge in [-0.2, -0.15) is 0 Å². The van der Waals surface area contributed by atoms with Crippen molar-refractivity contribution in [2.75, 3.05) is 13.6 Å². The Balaban J connectivity index is 4.01. The van der Waals surface area contributed by atoms with Crippen LogP contribution in [0.4, 0.5) is 0 Å². The molecule has 0 bridgehead atoms. The Kier molecular flexibility index (Phi) is 3.69. The van der Waals surface area contributed by atoms with E-state index in [0.29, 0.717) is 6.54 Å². The van der Waals surface area contributed by atoms with Gasteiger partial charge in [0.1, 0.15) is 6.29 Å². The van der Waals surface area contributed by atoms with Crippen molar-refractivity contribution in [3.8, 4) is 0 Å². The molecule has 3 heteroatoms. The number of likely N-dealkylation sites (N-methyl/N-ethyl adjacent to an activating group) is 1. The molecule has 0 aromatic heterocycles. The van der Waals surface area contributed by atoms with Gasteiger partial charge >= 0.3 is 0 Å². The van der Waals surface area contributed by atoms with Crippen LogP contribution in [-0.2, 0) is 4.79 Å². The first-order valence-electron chi connectivity index (χ1n) is 3.76. The Morgan fingerprint density at radius 2 is 2.09 bits per heavy atom. The van der Waals surface area contributed by atoms with E-state index in [1.54, 1.807) is 6.92 Å². The minimum Gasteiger partial charge on any atom is -0.392 e. The van der Waals surface area contributed by atoms with E-state index in [-0.39, 0.29) is 6.10 Å². The molecule has 3 nitrogen and oxygen atoms in total. The number of aliphatic hydroxyl groups excluding tert-OH is 1. The van der Waals surface area contributed by atoms with Crippen LogP contribution in [0.15, 0.2) is 0 Å². The number of rotatable bonds is 4. The van der Waals surface area contributed by atoms with E-state index >= 15 is 0 Å². The van der Waals surface area contributed by atoms with Crippen LogP contribution in [0, 0.1) is 0 Å². The molecule has 0 amide bonds. The van der Waals surface area contributed by atoms with Crippen molar-refractivity contribution >= 4 is 6.29 Å². The molecule has 0 heterocycles. The first kappa shape index (κ1) is 10.6. The van der Waals surface area contributed by atoms with Crippen molar-refractivity contribution in [1.82, 2.24) is 4.90 Å². The number of hydrogen-bond acceptors (Lipinski definition) is 3. The molecule has 1 unspecified atom stereocenters. The van der Waals surface area contributed by atoms with Crippen molar-refractivity contribution in [3.05, 3.63) is 0 Å². The van der Waals surface area contributed by atoms with Crippen LogP contribution in [0.1, 0.15) is 20.8 Å². The number of carbonyl (C=O) groups is 1. The van der Waals surface area contributed by atoms with Gasteiger partial charge in [0.05, 0.1) is 11.6 Å². The number of aldehydes is 1. The van der Waals surface area contributed by atoms with Crippen molar-refractivity contribution in [2.24, 2.45) is 0 Å². The molecule has 0 radical (unpaired) electrons. The average molecular weight is 159 g/mol. The molecule has 0 spiro atoms. The molecule has 0 aliphatic carbocycles. The third-order valence-electron chi connectivity index (χ3n) is 1.81. The highest BCUT2D eigenvalue weighted by Gasteiger charge is 2.22. The Labute approximate surface area is 68.0 Å². The maximum atomic E-state index is 10.5. The number of β-amino-alcohol motifs (C(OH)–C–C–N with tert-alkyl or cyclic N) is 1. The van der Waals surface area contributed by atoms with E-state index in [2.05, 4.69) is 0 Å². The van der Waals surface area contributed by atoms with Crippen LogP contribution in [0.5, 0.6) is 0 Å². The summed E-state index contributed by atoms with van der Waals surface area (Å²) in [5.41, 5.74) is -0.475. The second-order valence-corrected chi connectivity index (χ2v) is 3.50. The molecule has 0 aromatic rings. The summed E-state index contributed by atoms with van der Waals surface area (Å²) in [6.07, 6.45) is 0.495. The van der Waals surface area contributed by atoms with E-state index < -0.39 is 5.54 Å². The standard InChI is InChI=1S/C8H17NO2/c1-7(11)5-9(4)8(2,3)6-10/h6-7,11H,5H2,1-4H3. The SMILES string of the molecule is CC(O)CN(C)C(C)(C)C=O. The average Bonchev–Trinajstić information content (AvgIpc) is 1.86. The quantitative estimate of drug-likeness (QED) is 0.599. The number of carbonyl (C=O) groups excluding carboxylic acids is 1. The minimum absolute atomic E-state index is 0.390. The van der Waals surface area contributed by atoms with Crippen LogP contribution in [0.25, 0.3) is 0 Å². The molecule has 0 rings (SSSR count). The highest BCUT2D eigenvalue weighted by Crippen LogP contribution is 2.08. The van der Waals surface area contributed by atoms with E-state index in [9.17, 15) is 4.79 Å². The van der Waals surface area contributed by atoms with Crippen molar-refractivity contribution in [1.29, 1.82) is 0 Å². The second-order valence-electron chi connectivity index (χ2n) is 3.50. The first-order chi connectivity index (χ1) is 4.90. The summed E-state index contributed by atoms with van der Waals surface area (Å²) in [5, 5.41) is 9.02. The van der Waals surface area contributed by atoms with Crippen molar-refractivity contribution in [2.45, 2.75) is 32.4 Å². The summed E-state index contributed by atoms with van der Waals surface area (Å²) in [5.74, 6) is 0. The molecule has 11 heavy (non-hydrogen) atoms. The van der Waals surface area contributed by atoms with E-state index in [1.165, 1.54) is 0 Å². The van der Waals surface area contributed by atoms with Gasteiger partial charge in [-0.15, -0.1) is 0 Å². The fraction of sp³-hybridized carbons (Fsp3) is 0.875. The molecule has 0 saturated heterocycles. The fourth-order valence-electron chi connectivity index (χ4n) is 0.722. The molecule has 1 N–H and O–H groups in total. The molecular formula is C8H17NO2. The van der Waals surface area contributed by atoms with Crippen LogP contribution < -0.4 is 0 Å². The molecule has 0 aliphatic heterocycles. The smallest absolute Gasteiger partial charge is 0.139 e. The van der Waals surface area contributed by atoms with Crippen LogP contribution in [0.3, 0.4) is 0 Å². The number of aliphatic hydroxyl groups is 1. The predicted octanol–water partition coefficient (Wildman–Crippen LogP) is 0.276. The number of nitrogens with zero attached hydrogens (tertiary/aromatic N) is 1. The normalized spacial score (nSPS) is 15.1. The topological polar surface area (TPSA) is 40.5 Å². The molecule has 0 aromatic carbocycles. The summed E-state index contributed by atoms with van der Waals surface area (Å²) >= 11 is 0. The van der Waals surface area contributed by atoms with Crippen LogP contribution >= 0.6 is 0 Å². The summed E-state index contributed by atoms with van der Waals surface area (Å²) in [6, 6.07) is 0. The molecular weight excluding hydrogens is 142 g/mol. The zero-order valence-electron chi connectivity index (χ0n) is 7.66. The maximum absolute atomic E-state index is 10.5. The van der Waals surface area contributed by atoms with Gasteiger partial charge in [-0.3, -0.25) is 4.90 Å². The zero-order valence-corrected chi connectivity index (χ0v) is 7.66. The van der Waals surface area contributed by atoms with Crippen molar-refractivity contribution < 1.29 is 9.90 Å². The van der Waals surface area contributed by atoms with E-state index in [4.69, 9.17) is 5.11 Å². The fourth-order valence-corrected chi connectivity index (χ4v) is 0.722. The second kappa shape index (κ2) is 3.83. The van der Waals surface area contributed by atoms with Gasteiger partial charge < -0.3 is 9.90 Å². The third-order valence-corrected chi connectivity index (χ3v) is 1.81. The van der Waals surface area contributed by atoms with Crippen LogP contribution in [0.2, 0.25) is 0 Å². The lowest BCUT2D eigenvalue weighted by Crippen LogP contribution is -2.45. The summed E-state index contributed by atoms with van der Waals surface area (Å²) in [7, 11) is 1.82. The Morgan fingerprint density at radius 3 is 2.36 bits per heavy atom. The molecule has 0 fully saturated rings.